The van der Waals surface area contributed by atoms with Crippen LogP contribution in [0.15, 0.2) is 0 Å². The standard InChI is InChI=1S/C13H29N3O2S2/c1-4-7-14-11-13-5-8-16(9-6-13)20(17,18)15-10-12(2)19-3/h12-15H,4-11H2,1-3H3. The summed E-state index contributed by atoms with van der Waals surface area (Å²) in [5.74, 6) is 0.609. The lowest BCUT2D eigenvalue weighted by atomic mass is 9.98. The number of nitrogens with zero attached hydrogens (tertiary/aromatic N) is 1. The van der Waals surface area contributed by atoms with Gasteiger partial charge >= 0.3 is 0 Å². The van der Waals surface area contributed by atoms with Gasteiger partial charge in [0.1, 0.15) is 0 Å². The molecular formula is C13H29N3O2S2. The maximum atomic E-state index is 12.2. The van der Waals surface area contributed by atoms with Crippen LogP contribution in [0.2, 0.25) is 0 Å². The van der Waals surface area contributed by atoms with Crippen LogP contribution in [0.1, 0.15) is 33.1 Å². The maximum Gasteiger partial charge on any atom is 0.279 e. The highest BCUT2D eigenvalue weighted by atomic mass is 32.2. The molecule has 0 aromatic carbocycles. The molecule has 5 nitrogen and oxygen atoms in total. The van der Waals surface area contributed by atoms with Crippen molar-refractivity contribution in [2.45, 2.75) is 38.4 Å². The van der Waals surface area contributed by atoms with E-state index < -0.39 is 10.2 Å². The molecule has 1 aliphatic rings. The topological polar surface area (TPSA) is 61.4 Å². The fourth-order valence-corrected chi connectivity index (χ4v) is 3.92. The van der Waals surface area contributed by atoms with Crippen LogP contribution >= 0.6 is 11.8 Å². The molecule has 0 aliphatic carbocycles. The molecule has 0 saturated carbocycles. The zero-order valence-corrected chi connectivity index (χ0v) is 14.5. The Labute approximate surface area is 128 Å². The molecule has 2 N–H and O–H groups in total. The van der Waals surface area contributed by atoms with Crippen molar-refractivity contribution in [1.29, 1.82) is 0 Å². The van der Waals surface area contributed by atoms with Crippen molar-refractivity contribution in [3.05, 3.63) is 0 Å². The summed E-state index contributed by atoms with van der Waals surface area (Å²) in [5, 5.41) is 3.73. The van der Waals surface area contributed by atoms with E-state index in [4.69, 9.17) is 0 Å². The molecule has 0 spiro atoms. The van der Waals surface area contributed by atoms with Gasteiger partial charge in [-0.3, -0.25) is 0 Å². The summed E-state index contributed by atoms with van der Waals surface area (Å²) in [7, 11) is -3.29. The number of thioether (sulfide) groups is 1. The maximum absolute atomic E-state index is 12.2. The third kappa shape index (κ3) is 6.30. The lowest BCUT2D eigenvalue weighted by molar-refractivity contribution is 0.265. The van der Waals surface area contributed by atoms with Gasteiger partial charge in [-0.25, -0.2) is 4.72 Å². The molecule has 1 fully saturated rings. The van der Waals surface area contributed by atoms with Gasteiger partial charge < -0.3 is 5.32 Å². The molecule has 0 radical (unpaired) electrons. The quantitative estimate of drug-likeness (QED) is 0.628. The van der Waals surface area contributed by atoms with Gasteiger partial charge in [0, 0.05) is 24.9 Å². The normalized spacial score (nSPS) is 20.1. The van der Waals surface area contributed by atoms with Crippen LogP contribution in [0, 0.1) is 5.92 Å². The Balaban J connectivity index is 2.32. The van der Waals surface area contributed by atoms with Gasteiger partial charge in [-0.1, -0.05) is 13.8 Å². The Bertz CT molecular complexity index is 355. The third-order valence-corrected chi connectivity index (χ3v) is 6.28. The van der Waals surface area contributed by atoms with Crippen molar-refractivity contribution in [3.63, 3.8) is 0 Å². The summed E-state index contributed by atoms with van der Waals surface area (Å²) in [4.78, 5) is 0. The molecule has 1 rings (SSSR count). The van der Waals surface area contributed by atoms with Crippen molar-refractivity contribution < 1.29 is 8.42 Å². The van der Waals surface area contributed by atoms with Gasteiger partial charge in [0.15, 0.2) is 0 Å². The summed E-state index contributed by atoms with van der Waals surface area (Å²) in [6.07, 6.45) is 5.05. The summed E-state index contributed by atoms with van der Waals surface area (Å²) < 4.78 is 28.6. The second-order valence-electron chi connectivity index (χ2n) is 5.45. The molecule has 20 heavy (non-hydrogen) atoms. The van der Waals surface area contributed by atoms with E-state index >= 15 is 0 Å². The Kier molecular flexibility index (Phi) is 8.43. The smallest absolute Gasteiger partial charge is 0.279 e. The molecule has 1 heterocycles. The van der Waals surface area contributed by atoms with Gasteiger partial charge in [-0.2, -0.15) is 24.5 Å². The second-order valence-corrected chi connectivity index (χ2v) is 8.48. The van der Waals surface area contributed by atoms with E-state index in [0.29, 0.717) is 30.8 Å². The number of hydrogen-bond donors (Lipinski definition) is 2. The number of piperidine rings is 1. The summed E-state index contributed by atoms with van der Waals surface area (Å²) in [6.45, 7) is 8.03. The summed E-state index contributed by atoms with van der Waals surface area (Å²) in [5.41, 5.74) is 0. The molecule has 0 bridgehead atoms. The number of nitrogens with one attached hydrogen (secondary N) is 2. The van der Waals surface area contributed by atoms with E-state index in [1.54, 1.807) is 16.1 Å². The lowest BCUT2D eigenvalue weighted by Crippen LogP contribution is -2.47. The highest BCUT2D eigenvalue weighted by molar-refractivity contribution is 7.99. The number of rotatable bonds is 9. The summed E-state index contributed by atoms with van der Waals surface area (Å²) in [6, 6.07) is 0. The van der Waals surface area contributed by atoms with Gasteiger partial charge in [-0.15, -0.1) is 0 Å². The fraction of sp³-hybridized carbons (Fsp3) is 1.00. The zero-order valence-electron chi connectivity index (χ0n) is 12.9. The monoisotopic (exact) mass is 323 g/mol. The van der Waals surface area contributed by atoms with Crippen molar-refractivity contribution in [3.8, 4) is 0 Å². The van der Waals surface area contributed by atoms with Crippen molar-refractivity contribution in [2.24, 2.45) is 5.92 Å². The number of hydrogen-bond acceptors (Lipinski definition) is 4. The lowest BCUT2D eigenvalue weighted by Gasteiger charge is -2.31. The SMILES string of the molecule is CCCNCC1CCN(S(=O)(=O)NCC(C)SC)CC1. The minimum Gasteiger partial charge on any atom is -0.316 e. The van der Waals surface area contributed by atoms with Crippen LogP contribution in [-0.2, 0) is 10.2 Å². The predicted molar refractivity (Wildman–Crippen MR) is 87.4 cm³/mol. The Morgan fingerprint density at radius 1 is 1.35 bits per heavy atom. The van der Waals surface area contributed by atoms with E-state index in [0.717, 1.165) is 32.4 Å². The largest absolute Gasteiger partial charge is 0.316 e. The molecule has 7 heteroatoms. The Morgan fingerprint density at radius 3 is 2.55 bits per heavy atom. The van der Waals surface area contributed by atoms with Crippen LogP contribution in [0.3, 0.4) is 0 Å². The molecule has 0 aromatic rings. The van der Waals surface area contributed by atoms with Crippen molar-refractivity contribution in [1.82, 2.24) is 14.3 Å². The van der Waals surface area contributed by atoms with E-state index in [1.165, 1.54) is 0 Å². The predicted octanol–water partition coefficient (Wildman–Crippen LogP) is 1.28. The molecular weight excluding hydrogens is 294 g/mol. The molecule has 1 atom stereocenters. The van der Waals surface area contributed by atoms with Crippen LogP contribution < -0.4 is 10.0 Å². The van der Waals surface area contributed by atoms with Gasteiger partial charge in [0.05, 0.1) is 0 Å². The molecule has 120 valence electrons. The van der Waals surface area contributed by atoms with Crippen molar-refractivity contribution in [2.75, 3.05) is 39.0 Å². The van der Waals surface area contributed by atoms with Crippen LogP contribution in [0.4, 0.5) is 0 Å². The minimum atomic E-state index is -3.29. The first-order valence-corrected chi connectivity index (χ1v) is 10.2. The average molecular weight is 324 g/mol. The van der Waals surface area contributed by atoms with Gasteiger partial charge in [0.2, 0.25) is 0 Å². The Morgan fingerprint density at radius 2 is 2.00 bits per heavy atom. The highest BCUT2D eigenvalue weighted by Crippen LogP contribution is 2.18. The van der Waals surface area contributed by atoms with E-state index in [2.05, 4.69) is 17.0 Å². The average Bonchev–Trinajstić information content (AvgIpc) is 2.45. The van der Waals surface area contributed by atoms with E-state index in [9.17, 15) is 8.42 Å². The van der Waals surface area contributed by atoms with Crippen molar-refractivity contribution >= 4 is 22.0 Å². The minimum absolute atomic E-state index is 0.306. The van der Waals surface area contributed by atoms with Gasteiger partial charge in [0.25, 0.3) is 10.2 Å². The Hall–Kier alpha value is 0.180. The van der Waals surface area contributed by atoms with E-state index in [-0.39, 0.29) is 0 Å². The fourth-order valence-electron chi connectivity index (χ4n) is 2.23. The van der Waals surface area contributed by atoms with E-state index in [1.807, 2.05) is 13.2 Å². The first-order valence-electron chi connectivity index (χ1n) is 7.47. The first-order chi connectivity index (χ1) is 9.49. The molecule has 1 aliphatic heterocycles. The molecule has 1 saturated heterocycles. The van der Waals surface area contributed by atoms with Crippen LogP contribution in [0.25, 0.3) is 0 Å². The summed E-state index contributed by atoms with van der Waals surface area (Å²) >= 11 is 1.67. The highest BCUT2D eigenvalue weighted by Gasteiger charge is 2.27. The third-order valence-electron chi connectivity index (χ3n) is 3.73. The zero-order chi connectivity index (χ0) is 15.0. The molecule has 0 aromatic heterocycles. The molecule has 1 unspecified atom stereocenters. The van der Waals surface area contributed by atoms with Gasteiger partial charge in [-0.05, 0) is 44.5 Å². The second kappa shape index (κ2) is 9.25. The first kappa shape index (κ1) is 18.2. The van der Waals surface area contributed by atoms with Crippen LogP contribution in [-0.4, -0.2) is 57.0 Å². The van der Waals surface area contributed by atoms with Crippen LogP contribution in [0.5, 0.6) is 0 Å². The molecule has 0 amide bonds.